The van der Waals surface area contributed by atoms with Crippen molar-refractivity contribution in [3.63, 3.8) is 0 Å². The average molecular weight is 478 g/mol. The van der Waals surface area contributed by atoms with Gasteiger partial charge < -0.3 is 10.1 Å². The Balaban J connectivity index is 1.57. The van der Waals surface area contributed by atoms with Gasteiger partial charge in [-0.2, -0.15) is 0 Å². The van der Waals surface area contributed by atoms with Gasteiger partial charge in [-0.05, 0) is 56.0 Å². The standard InChI is InChI=1S/C27H31N3O5/c1-35-24-14-13-19(18-31)16-20(24)17-30-23-11-5-4-10-22(23)26(33)29(27(30)34)15-7-6-12-25(32)28-21-8-2-3-9-21/h4-5,10-11,13-14,16,18,21H,2-3,6-9,12,15,17H2,1H3,(H,28,32). The van der Waals surface area contributed by atoms with Crippen molar-refractivity contribution in [3.8, 4) is 5.75 Å². The fourth-order valence-electron chi connectivity index (χ4n) is 4.81. The van der Waals surface area contributed by atoms with Crippen LogP contribution in [0.4, 0.5) is 0 Å². The van der Waals surface area contributed by atoms with Gasteiger partial charge in [-0.25, -0.2) is 4.79 Å². The maximum Gasteiger partial charge on any atom is 0.331 e. The molecule has 1 saturated carbocycles. The zero-order chi connectivity index (χ0) is 24.8. The molecule has 0 radical (unpaired) electrons. The lowest BCUT2D eigenvalue weighted by Crippen LogP contribution is -2.40. The fourth-order valence-corrected chi connectivity index (χ4v) is 4.81. The second-order valence-electron chi connectivity index (χ2n) is 9.04. The number of rotatable bonds is 10. The van der Waals surface area contributed by atoms with Crippen LogP contribution in [0.2, 0.25) is 0 Å². The number of methoxy groups -OCH3 is 1. The number of para-hydroxylation sites is 1. The minimum absolute atomic E-state index is 0.0299. The molecule has 184 valence electrons. The number of fused-ring (bicyclic) bond motifs is 1. The largest absolute Gasteiger partial charge is 0.496 e. The highest BCUT2D eigenvalue weighted by Crippen LogP contribution is 2.21. The summed E-state index contributed by atoms with van der Waals surface area (Å²) >= 11 is 0. The maximum absolute atomic E-state index is 13.5. The van der Waals surface area contributed by atoms with Gasteiger partial charge in [0.2, 0.25) is 5.91 Å². The molecular formula is C27H31N3O5. The van der Waals surface area contributed by atoms with Crippen molar-refractivity contribution in [1.82, 2.24) is 14.5 Å². The molecule has 0 spiro atoms. The number of carbonyl (C=O) groups is 2. The van der Waals surface area contributed by atoms with Gasteiger partial charge in [0.05, 0.1) is 24.6 Å². The summed E-state index contributed by atoms with van der Waals surface area (Å²) in [4.78, 5) is 50.1. The Morgan fingerprint density at radius 1 is 1.09 bits per heavy atom. The van der Waals surface area contributed by atoms with Gasteiger partial charge >= 0.3 is 5.69 Å². The molecule has 2 aromatic carbocycles. The van der Waals surface area contributed by atoms with Crippen LogP contribution in [-0.2, 0) is 17.9 Å². The summed E-state index contributed by atoms with van der Waals surface area (Å²) in [5.41, 5.74) is 0.891. The Labute approximate surface area is 203 Å². The number of aldehydes is 1. The third-order valence-electron chi connectivity index (χ3n) is 6.66. The molecule has 1 N–H and O–H groups in total. The van der Waals surface area contributed by atoms with E-state index < -0.39 is 5.69 Å². The molecular weight excluding hydrogens is 446 g/mol. The molecule has 0 atom stereocenters. The quantitative estimate of drug-likeness (QED) is 0.357. The topological polar surface area (TPSA) is 99.4 Å². The van der Waals surface area contributed by atoms with Crippen molar-refractivity contribution in [3.05, 3.63) is 74.4 Å². The summed E-state index contributed by atoms with van der Waals surface area (Å²) in [5.74, 6) is 0.583. The monoisotopic (exact) mass is 477 g/mol. The molecule has 0 bridgehead atoms. The first kappa shape index (κ1) is 24.4. The molecule has 1 fully saturated rings. The number of amides is 1. The van der Waals surface area contributed by atoms with E-state index in [1.165, 1.54) is 16.2 Å². The zero-order valence-electron chi connectivity index (χ0n) is 20.0. The molecule has 1 amide bonds. The first-order valence-corrected chi connectivity index (χ1v) is 12.2. The lowest BCUT2D eigenvalue weighted by atomic mass is 10.1. The predicted molar refractivity (Wildman–Crippen MR) is 134 cm³/mol. The van der Waals surface area contributed by atoms with E-state index in [-0.39, 0.29) is 30.6 Å². The van der Waals surface area contributed by atoms with Crippen LogP contribution in [0.1, 0.15) is 60.9 Å². The summed E-state index contributed by atoms with van der Waals surface area (Å²) < 4.78 is 8.22. The predicted octanol–water partition coefficient (Wildman–Crippen LogP) is 3.26. The van der Waals surface area contributed by atoms with Crippen molar-refractivity contribution in [2.24, 2.45) is 0 Å². The number of benzene rings is 2. The summed E-state index contributed by atoms with van der Waals surface area (Å²) in [6.07, 6.45) is 6.65. The van der Waals surface area contributed by atoms with E-state index in [4.69, 9.17) is 4.74 Å². The van der Waals surface area contributed by atoms with Crippen molar-refractivity contribution in [1.29, 1.82) is 0 Å². The van der Waals surface area contributed by atoms with Gasteiger partial charge in [0.15, 0.2) is 0 Å². The zero-order valence-corrected chi connectivity index (χ0v) is 20.0. The SMILES string of the molecule is COc1ccc(C=O)cc1Cn1c(=O)n(CCCCC(=O)NC2CCCC2)c(=O)c2ccccc21. The number of nitrogens with zero attached hydrogens (tertiary/aromatic N) is 2. The molecule has 1 aliphatic carbocycles. The maximum atomic E-state index is 13.5. The van der Waals surface area contributed by atoms with E-state index >= 15 is 0 Å². The van der Waals surface area contributed by atoms with Crippen LogP contribution in [0.25, 0.3) is 10.9 Å². The lowest BCUT2D eigenvalue weighted by Gasteiger charge is -2.16. The Morgan fingerprint density at radius 3 is 2.60 bits per heavy atom. The molecule has 8 heteroatoms. The van der Waals surface area contributed by atoms with Crippen LogP contribution < -0.4 is 21.3 Å². The van der Waals surface area contributed by atoms with Crippen molar-refractivity contribution < 1.29 is 14.3 Å². The van der Waals surface area contributed by atoms with E-state index in [0.717, 1.165) is 32.0 Å². The van der Waals surface area contributed by atoms with Crippen LogP contribution in [0.15, 0.2) is 52.1 Å². The smallest absolute Gasteiger partial charge is 0.331 e. The van der Waals surface area contributed by atoms with Gasteiger partial charge in [0.25, 0.3) is 5.56 Å². The third kappa shape index (κ3) is 5.53. The number of hydrogen-bond acceptors (Lipinski definition) is 5. The normalized spacial score (nSPS) is 13.7. The Morgan fingerprint density at radius 2 is 1.86 bits per heavy atom. The summed E-state index contributed by atoms with van der Waals surface area (Å²) in [6.45, 7) is 0.374. The lowest BCUT2D eigenvalue weighted by molar-refractivity contribution is -0.121. The first-order valence-electron chi connectivity index (χ1n) is 12.2. The molecule has 0 aliphatic heterocycles. The van der Waals surface area contributed by atoms with E-state index in [1.54, 1.807) is 42.5 Å². The first-order chi connectivity index (χ1) is 17.0. The van der Waals surface area contributed by atoms with Crippen molar-refractivity contribution >= 4 is 23.1 Å². The second kappa shape index (κ2) is 11.2. The van der Waals surface area contributed by atoms with E-state index in [1.807, 2.05) is 0 Å². The third-order valence-corrected chi connectivity index (χ3v) is 6.66. The molecule has 0 saturated heterocycles. The number of ether oxygens (including phenoxy) is 1. The Kier molecular flexibility index (Phi) is 7.80. The van der Waals surface area contributed by atoms with Crippen molar-refractivity contribution in [2.45, 2.75) is 64.1 Å². The molecule has 4 rings (SSSR count). The number of hydrogen-bond donors (Lipinski definition) is 1. The molecule has 1 aliphatic rings. The number of unbranched alkanes of at least 4 members (excludes halogenated alkanes) is 1. The fraction of sp³-hybridized carbons (Fsp3) is 0.407. The number of nitrogens with one attached hydrogen (secondary N) is 1. The van der Waals surface area contributed by atoms with Gasteiger partial charge in [-0.15, -0.1) is 0 Å². The van der Waals surface area contributed by atoms with E-state index in [9.17, 15) is 19.2 Å². The molecule has 3 aromatic rings. The highest BCUT2D eigenvalue weighted by atomic mass is 16.5. The Bertz CT molecular complexity index is 1330. The molecule has 35 heavy (non-hydrogen) atoms. The second-order valence-corrected chi connectivity index (χ2v) is 9.04. The van der Waals surface area contributed by atoms with Gasteiger partial charge in [0.1, 0.15) is 12.0 Å². The van der Waals surface area contributed by atoms with Crippen LogP contribution >= 0.6 is 0 Å². The highest BCUT2D eigenvalue weighted by Gasteiger charge is 2.18. The van der Waals surface area contributed by atoms with Gasteiger partial charge in [0, 0.05) is 30.1 Å². The Hall–Kier alpha value is -3.68. The van der Waals surface area contributed by atoms with Crippen LogP contribution in [0, 0.1) is 0 Å². The minimum atomic E-state index is -0.428. The molecule has 1 heterocycles. The average Bonchev–Trinajstić information content (AvgIpc) is 3.38. The number of aromatic nitrogens is 2. The molecule has 1 aromatic heterocycles. The summed E-state index contributed by atoms with van der Waals surface area (Å²) in [6, 6.07) is 12.3. The molecule has 0 unspecified atom stereocenters. The van der Waals surface area contributed by atoms with Crippen LogP contribution in [-0.4, -0.2) is 34.5 Å². The summed E-state index contributed by atoms with van der Waals surface area (Å²) in [5, 5.41) is 3.51. The molecule has 8 nitrogen and oxygen atoms in total. The van der Waals surface area contributed by atoms with E-state index in [2.05, 4.69) is 5.32 Å². The summed E-state index contributed by atoms with van der Waals surface area (Å²) in [7, 11) is 1.53. The van der Waals surface area contributed by atoms with Crippen molar-refractivity contribution in [2.75, 3.05) is 7.11 Å². The minimum Gasteiger partial charge on any atom is -0.496 e. The van der Waals surface area contributed by atoms with Crippen LogP contribution in [0.3, 0.4) is 0 Å². The van der Waals surface area contributed by atoms with E-state index in [0.29, 0.717) is 47.0 Å². The van der Waals surface area contributed by atoms with Gasteiger partial charge in [-0.3, -0.25) is 23.5 Å². The van der Waals surface area contributed by atoms with Crippen LogP contribution in [0.5, 0.6) is 5.75 Å². The van der Waals surface area contributed by atoms with Gasteiger partial charge in [-0.1, -0.05) is 25.0 Å². The highest BCUT2D eigenvalue weighted by molar-refractivity contribution is 5.78. The number of carbonyl (C=O) groups excluding carboxylic acids is 2.